The fourth-order valence-corrected chi connectivity index (χ4v) is 1.43. The molecule has 4 heteroatoms. The van der Waals surface area contributed by atoms with Crippen LogP contribution >= 0.6 is 0 Å². The molecule has 0 saturated heterocycles. The SMILES string of the molecule is NCCCc1nc(-c2ccc(F)cc2)co1. The van der Waals surface area contributed by atoms with Gasteiger partial charge in [-0.05, 0) is 37.2 Å². The number of oxazole rings is 1. The average Bonchev–Trinajstić information content (AvgIpc) is 2.76. The lowest BCUT2D eigenvalue weighted by atomic mass is 10.2. The molecule has 2 rings (SSSR count). The summed E-state index contributed by atoms with van der Waals surface area (Å²) >= 11 is 0. The van der Waals surface area contributed by atoms with Crippen LogP contribution in [0, 0.1) is 5.82 Å². The number of aryl methyl sites for hydroxylation is 1. The minimum atomic E-state index is -0.254. The molecule has 1 aromatic heterocycles. The standard InChI is InChI=1S/C12H13FN2O/c13-10-5-3-9(4-6-10)11-8-16-12(15-11)2-1-7-14/h3-6,8H,1-2,7,14H2. The lowest BCUT2D eigenvalue weighted by Crippen LogP contribution is -2.00. The van der Waals surface area contributed by atoms with E-state index in [1.165, 1.54) is 12.1 Å². The summed E-state index contributed by atoms with van der Waals surface area (Å²) in [5, 5.41) is 0. The average molecular weight is 220 g/mol. The molecule has 84 valence electrons. The van der Waals surface area contributed by atoms with Crippen LogP contribution in [0.1, 0.15) is 12.3 Å². The second-order valence-electron chi connectivity index (χ2n) is 3.53. The van der Waals surface area contributed by atoms with Crippen LogP contribution in [0.15, 0.2) is 34.9 Å². The first kappa shape index (κ1) is 10.8. The van der Waals surface area contributed by atoms with Crippen molar-refractivity contribution < 1.29 is 8.81 Å². The van der Waals surface area contributed by atoms with E-state index in [-0.39, 0.29) is 5.82 Å². The Morgan fingerprint density at radius 1 is 1.25 bits per heavy atom. The first-order chi connectivity index (χ1) is 7.79. The van der Waals surface area contributed by atoms with Crippen LogP contribution in [-0.2, 0) is 6.42 Å². The summed E-state index contributed by atoms with van der Waals surface area (Å²) in [5.74, 6) is 0.417. The number of nitrogens with zero attached hydrogens (tertiary/aromatic N) is 1. The van der Waals surface area contributed by atoms with Gasteiger partial charge in [-0.25, -0.2) is 9.37 Å². The lowest BCUT2D eigenvalue weighted by Gasteiger charge is -1.94. The molecule has 0 aliphatic carbocycles. The summed E-state index contributed by atoms with van der Waals surface area (Å²) in [6.07, 6.45) is 3.17. The molecule has 1 aromatic carbocycles. The number of halogens is 1. The van der Waals surface area contributed by atoms with E-state index in [0.29, 0.717) is 12.4 Å². The zero-order valence-electron chi connectivity index (χ0n) is 8.82. The number of nitrogens with two attached hydrogens (primary N) is 1. The monoisotopic (exact) mass is 220 g/mol. The minimum absolute atomic E-state index is 0.254. The Morgan fingerprint density at radius 2 is 2.00 bits per heavy atom. The van der Waals surface area contributed by atoms with E-state index in [9.17, 15) is 4.39 Å². The van der Waals surface area contributed by atoms with Gasteiger partial charge in [-0.2, -0.15) is 0 Å². The molecular weight excluding hydrogens is 207 g/mol. The first-order valence-corrected chi connectivity index (χ1v) is 5.20. The third-order valence-electron chi connectivity index (χ3n) is 2.29. The summed E-state index contributed by atoms with van der Waals surface area (Å²) < 4.78 is 18.0. The highest BCUT2D eigenvalue weighted by Gasteiger charge is 2.05. The molecule has 0 bridgehead atoms. The van der Waals surface area contributed by atoms with E-state index in [2.05, 4.69) is 4.98 Å². The Hall–Kier alpha value is -1.68. The van der Waals surface area contributed by atoms with Crippen molar-refractivity contribution in [1.29, 1.82) is 0 Å². The molecule has 0 amide bonds. The zero-order chi connectivity index (χ0) is 11.4. The van der Waals surface area contributed by atoms with Crippen molar-refractivity contribution in [1.82, 2.24) is 4.98 Å². The number of hydrogen-bond acceptors (Lipinski definition) is 3. The van der Waals surface area contributed by atoms with Gasteiger partial charge in [-0.1, -0.05) is 0 Å². The Bertz CT molecular complexity index is 450. The molecule has 0 atom stereocenters. The van der Waals surface area contributed by atoms with Gasteiger partial charge >= 0.3 is 0 Å². The molecule has 0 radical (unpaired) electrons. The third kappa shape index (κ3) is 2.46. The fraction of sp³-hybridized carbons (Fsp3) is 0.250. The fourth-order valence-electron chi connectivity index (χ4n) is 1.43. The summed E-state index contributed by atoms with van der Waals surface area (Å²) in [4.78, 5) is 4.30. The first-order valence-electron chi connectivity index (χ1n) is 5.20. The second-order valence-corrected chi connectivity index (χ2v) is 3.53. The highest BCUT2D eigenvalue weighted by atomic mass is 19.1. The van der Waals surface area contributed by atoms with Gasteiger partial charge in [0.25, 0.3) is 0 Å². The summed E-state index contributed by atoms with van der Waals surface area (Å²) in [6.45, 7) is 0.619. The molecule has 16 heavy (non-hydrogen) atoms. The van der Waals surface area contributed by atoms with Crippen LogP contribution in [0.5, 0.6) is 0 Å². The Labute approximate surface area is 93.1 Å². The van der Waals surface area contributed by atoms with Crippen molar-refractivity contribution in [3.8, 4) is 11.3 Å². The molecule has 0 saturated carbocycles. The maximum atomic E-state index is 12.7. The smallest absolute Gasteiger partial charge is 0.194 e. The number of aromatic nitrogens is 1. The van der Waals surface area contributed by atoms with E-state index in [1.807, 2.05) is 0 Å². The van der Waals surface area contributed by atoms with Crippen LogP contribution < -0.4 is 5.73 Å². The maximum absolute atomic E-state index is 12.7. The molecule has 2 N–H and O–H groups in total. The quantitative estimate of drug-likeness (QED) is 0.860. The predicted molar refractivity (Wildman–Crippen MR) is 59.3 cm³/mol. The Morgan fingerprint density at radius 3 is 2.69 bits per heavy atom. The van der Waals surface area contributed by atoms with Crippen LogP contribution in [0.2, 0.25) is 0 Å². The van der Waals surface area contributed by atoms with Crippen LogP contribution in [-0.4, -0.2) is 11.5 Å². The molecule has 0 aliphatic heterocycles. The van der Waals surface area contributed by atoms with Crippen LogP contribution in [0.3, 0.4) is 0 Å². The predicted octanol–water partition coefficient (Wildman–Crippen LogP) is 2.37. The summed E-state index contributed by atoms with van der Waals surface area (Å²) in [7, 11) is 0. The number of rotatable bonds is 4. The number of hydrogen-bond donors (Lipinski definition) is 1. The van der Waals surface area contributed by atoms with Gasteiger partial charge in [0.05, 0.1) is 0 Å². The summed E-state index contributed by atoms with van der Waals surface area (Å²) in [5.41, 5.74) is 6.98. The minimum Gasteiger partial charge on any atom is -0.448 e. The van der Waals surface area contributed by atoms with Gasteiger partial charge in [-0.3, -0.25) is 0 Å². The zero-order valence-corrected chi connectivity index (χ0v) is 8.82. The van der Waals surface area contributed by atoms with Crippen molar-refractivity contribution in [3.63, 3.8) is 0 Å². The van der Waals surface area contributed by atoms with Gasteiger partial charge in [0, 0.05) is 12.0 Å². The molecule has 2 aromatic rings. The highest BCUT2D eigenvalue weighted by molar-refractivity contribution is 5.57. The van der Waals surface area contributed by atoms with Gasteiger partial charge in [0.15, 0.2) is 5.89 Å². The lowest BCUT2D eigenvalue weighted by molar-refractivity contribution is 0.488. The molecular formula is C12H13FN2O. The van der Waals surface area contributed by atoms with E-state index >= 15 is 0 Å². The van der Waals surface area contributed by atoms with E-state index in [0.717, 1.165) is 24.1 Å². The van der Waals surface area contributed by atoms with Crippen molar-refractivity contribution >= 4 is 0 Å². The van der Waals surface area contributed by atoms with Crippen molar-refractivity contribution in [2.45, 2.75) is 12.8 Å². The molecule has 0 fully saturated rings. The van der Waals surface area contributed by atoms with Crippen LogP contribution in [0.25, 0.3) is 11.3 Å². The van der Waals surface area contributed by atoms with Crippen molar-refractivity contribution in [3.05, 3.63) is 42.2 Å². The summed E-state index contributed by atoms with van der Waals surface area (Å²) in [6, 6.07) is 6.17. The van der Waals surface area contributed by atoms with Crippen molar-refractivity contribution in [2.75, 3.05) is 6.54 Å². The third-order valence-corrected chi connectivity index (χ3v) is 2.29. The molecule has 1 heterocycles. The molecule has 0 aliphatic rings. The van der Waals surface area contributed by atoms with Crippen LogP contribution in [0.4, 0.5) is 4.39 Å². The Balaban J connectivity index is 2.15. The molecule has 0 spiro atoms. The van der Waals surface area contributed by atoms with E-state index in [4.69, 9.17) is 10.2 Å². The number of benzene rings is 1. The molecule has 0 unspecified atom stereocenters. The topological polar surface area (TPSA) is 52.0 Å². The van der Waals surface area contributed by atoms with Crippen molar-refractivity contribution in [2.24, 2.45) is 5.73 Å². The highest BCUT2D eigenvalue weighted by Crippen LogP contribution is 2.19. The second kappa shape index (κ2) is 4.90. The van der Waals surface area contributed by atoms with E-state index < -0.39 is 0 Å². The Kier molecular flexibility index (Phi) is 3.31. The largest absolute Gasteiger partial charge is 0.448 e. The van der Waals surface area contributed by atoms with Gasteiger partial charge < -0.3 is 10.2 Å². The normalized spacial score (nSPS) is 10.6. The van der Waals surface area contributed by atoms with Gasteiger partial charge in [0.1, 0.15) is 17.8 Å². The van der Waals surface area contributed by atoms with E-state index in [1.54, 1.807) is 18.4 Å². The van der Waals surface area contributed by atoms with Gasteiger partial charge in [-0.15, -0.1) is 0 Å². The maximum Gasteiger partial charge on any atom is 0.194 e. The van der Waals surface area contributed by atoms with Gasteiger partial charge in [0.2, 0.25) is 0 Å². The molecule has 3 nitrogen and oxygen atoms in total.